The van der Waals surface area contributed by atoms with Gasteiger partial charge in [0.2, 0.25) is 0 Å². The lowest BCUT2D eigenvalue weighted by atomic mass is 10.1. The van der Waals surface area contributed by atoms with E-state index in [1.165, 1.54) is 0 Å². The quantitative estimate of drug-likeness (QED) is 0.794. The summed E-state index contributed by atoms with van der Waals surface area (Å²) in [6, 6.07) is 0.282. The summed E-state index contributed by atoms with van der Waals surface area (Å²) in [4.78, 5) is 26.4. The van der Waals surface area contributed by atoms with E-state index in [0.717, 1.165) is 24.1 Å². The molecule has 1 aromatic heterocycles. The van der Waals surface area contributed by atoms with Crippen LogP contribution in [0, 0.1) is 0 Å². The first-order valence-corrected chi connectivity index (χ1v) is 8.55. The second-order valence-electron chi connectivity index (χ2n) is 7.32. The van der Waals surface area contributed by atoms with Crippen molar-refractivity contribution < 1.29 is 19.1 Å². The Labute approximate surface area is 141 Å². The van der Waals surface area contributed by atoms with E-state index >= 15 is 0 Å². The summed E-state index contributed by atoms with van der Waals surface area (Å²) in [5.74, 6) is -0.357. The molecular weight excluding hydrogens is 310 g/mol. The molecule has 1 saturated carbocycles. The molecular formula is C17H25N3O4. The SMILES string of the molecule is CCOC(=O)c1c2c(nn1C1CC1)CCN(C(=O)OC(C)(C)C)C2. The van der Waals surface area contributed by atoms with Crippen molar-refractivity contribution in [2.45, 2.75) is 65.1 Å². The molecule has 2 aliphatic rings. The van der Waals surface area contributed by atoms with Gasteiger partial charge in [-0.15, -0.1) is 0 Å². The highest BCUT2D eigenvalue weighted by Crippen LogP contribution is 2.38. The predicted octanol–water partition coefficient (Wildman–Crippen LogP) is 2.69. The Balaban J connectivity index is 1.86. The van der Waals surface area contributed by atoms with Crippen LogP contribution in [-0.4, -0.2) is 45.5 Å². The van der Waals surface area contributed by atoms with Crippen LogP contribution in [0.1, 0.15) is 68.3 Å². The second-order valence-corrected chi connectivity index (χ2v) is 7.32. The van der Waals surface area contributed by atoms with E-state index in [9.17, 15) is 9.59 Å². The van der Waals surface area contributed by atoms with Crippen LogP contribution in [0.2, 0.25) is 0 Å². The highest BCUT2D eigenvalue weighted by atomic mass is 16.6. The summed E-state index contributed by atoms with van der Waals surface area (Å²) in [5, 5.41) is 4.62. The summed E-state index contributed by atoms with van der Waals surface area (Å²) in [7, 11) is 0. The number of nitrogens with zero attached hydrogens (tertiary/aromatic N) is 3. The van der Waals surface area contributed by atoms with E-state index in [-0.39, 0.29) is 18.1 Å². The van der Waals surface area contributed by atoms with Crippen LogP contribution >= 0.6 is 0 Å². The highest BCUT2D eigenvalue weighted by Gasteiger charge is 2.37. The highest BCUT2D eigenvalue weighted by molar-refractivity contribution is 5.90. The van der Waals surface area contributed by atoms with Gasteiger partial charge in [0.25, 0.3) is 0 Å². The zero-order valence-corrected chi connectivity index (χ0v) is 14.8. The number of carbonyl (C=O) groups excluding carboxylic acids is 2. The molecule has 0 saturated heterocycles. The Bertz CT molecular complexity index is 656. The van der Waals surface area contributed by atoms with E-state index in [1.807, 2.05) is 20.8 Å². The molecule has 0 aromatic carbocycles. The van der Waals surface area contributed by atoms with E-state index < -0.39 is 5.60 Å². The monoisotopic (exact) mass is 335 g/mol. The third kappa shape index (κ3) is 3.39. The smallest absolute Gasteiger partial charge is 0.410 e. The van der Waals surface area contributed by atoms with Crippen molar-refractivity contribution in [3.63, 3.8) is 0 Å². The Kier molecular flexibility index (Phi) is 4.27. The number of amides is 1. The number of hydrogen-bond donors (Lipinski definition) is 0. The molecule has 0 radical (unpaired) electrons. The van der Waals surface area contributed by atoms with Gasteiger partial charge in [-0.05, 0) is 40.5 Å². The van der Waals surface area contributed by atoms with E-state index in [2.05, 4.69) is 5.10 Å². The Hall–Kier alpha value is -2.05. The molecule has 7 heteroatoms. The minimum absolute atomic E-state index is 0.282. The molecule has 24 heavy (non-hydrogen) atoms. The van der Waals surface area contributed by atoms with Gasteiger partial charge in [0.1, 0.15) is 5.60 Å². The van der Waals surface area contributed by atoms with Gasteiger partial charge in [-0.3, -0.25) is 4.68 Å². The van der Waals surface area contributed by atoms with Crippen LogP contribution < -0.4 is 0 Å². The topological polar surface area (TPSA) is 73.7 Å². The predicted molar refractivity (Wildman–Crippen MR) is 86.8 cm³/mol. The molecule has 132 valence electrons. The number of aromatic nitrogens is 2. The summed E-state index contributed by atoms with van der Waals surface area (Å²) >= 11 is 0. The van der Waals surface area contributed by atoms with Crippen LogP contribution in [0.3, 0.4) is 0 Å². The summed E-state index contributed by atoms with van der Waals surface area (Å²) in [6.45, 7) is 8.52. The molecule has 1 aliphatic carbocycles. The molecule has 2 heterocycles. The molecule has 1 amide bonds. The first-order chi connectivity index (χ1) is 11.3. The number of esters is 1. The lowest BCUT2D eigenvalue weighted by Gasteiger charge is -2.29. The third-order valence-corrected chi connectivity index (χ3v) is 4.07. The minimum Gasteiger partial charge on any atom is -0.461 e. The fourth-order valence-electron chi connectivity index (χ4n) is 2.87. The van der Waals surface area contributed by atoms with Crippen molar-refractivity contribution in [3.05, 3.63) is 17.0 Å². The summed E-state index contributed by atoms with van der Waals surface area (Å²) in [5.41, 5.74) is 1.66. The Morgan fingerprint density at radius 3 is 2.58 bits per heavy atom. The van der Waals surface area contributed by atoms with E-state index in [1.54, 1.807) is 16.5 Å². The molecule has 1 aliphatic heterocycles. The van der Waals surface area contributed by atoms with Gasteiger partial charge in [-0.25, -0.2) is 9.59 Å². The average Bonchev–Trinajstić information content (AvgIpc) is 3.25. The zero-order chi connectivity index (χ0) is 17.5. The Morgan fingerprint density at radius 2 is 2.00 bits per heavy atom. The molecule has 0 unspecified atom stereocenters. The van der Waals surface area contributed by atoms with E-state index in [4.69, 9.17) is 9.47 Å². The van der Waals surface area contributed by atoms with Gasteiger partial charge in [0, 0.05) is 18.5 Å². The van der Waals surface area contributed by atoms with Crippen molar-refractivity contribution in [1.82, 2.24) is 14.7 Å². The molecule has 7 nitrogen and oxygen atoms in total. The van der Waals surface area contributed by atoms with E-state index in [0.29, 0.717) is 31.8 Å². The number of fused-ring (bicyclic) bond motifs is 1. The van der Waals surface area contributed by atoms with Crippen LogP contribution in [-0.2, 0) is 22.4 Å². The van der Waals surface area contributed by atoms with Gasteiger partial charge in [-0.1, -0.05) is 0 Å². The maximum atomic E-state index is 12.4. The number of ether oxygens (including phenoxy) is 2. The fourth-order valence-corrected chi connectivity index (χ4v) is 2.87. The summed E-state index contributed by atoms with van der Waals surface area (Å²) in [6.07, 6.45) is 2.33. The molecule has 0 atom stereocenters. The van der Waals surface area contributed by atoms with Crippen LogP contribution in [0.5, 0.6) is 0 Å². The lowest BCUT2D eigenvalue weighted by molar-refractivity contribution is 0.0220. The standard InChI is InChI=1S/C17H25N3O4/c1-5-23-15(21)14-12-10-19(16(22)24-17(2,3)4)9-8-13(12)18-20(14)11-6-7-11/h11H,5-10H2,1-4H3. The van der Waals surface area contributed by atoms with Gasteiger partial charge in [0.15, 0.2) is 5.69 Å². The van der Waals surface area contributed by atoms with Crippen LogP contribution in [0.4, 0.5) is 4.79 Å². The maximum absolute atomic E-state index is 12.4. The van der Waals surface area contributed by atoms with Gasteiger partial charge in [0.05, 0.1) is 24.9 Å². The average molecular weight is 335 g/mol. The molecule has 0 spiro atoms. The van der Waals surface area contributed by atoms with Crippen molar-refractivity contribution in [3.8, 4) is 0 Å². The van der Waals surface area contributed by atoms with Crippen LogP contribution in [0.25, 0.3) is 0 Å². The zero-order valence-electron chi connectivity index (χ0n) is 14.8. The molecule has 0 N–H and O–H groups in total. The molecule has 1 aromatic rings. The lowest BCUT2D eigenvalue weighted by Crippen LogP contribution is -2.40. The minimum atomic E-state index is -0.542. The van der Waals surface area contributed by atoms with Crippen LogP contribution in [0.15, 0.2) is 0 Å². The van der Waals surface area contributed by atoms with Gasteiger partial charge >= 0.3 is 12.1 Å². The normalized spacial score (nSPS) is 17.4. The molecule has 1 fully saturated rings. The second kappa shape index (κ2) is 6.11. The van der Waals surface area contributed by atoms with Crippen molar-refractivity contribution >= 4 is 12.1 Å². The Morgan fingerprint density at radius 1 is 1.29 bits per heavy atom. The fraction of sp³-hybridized carbons (Fsp3) is 0.706. The maximum Gasteiger partial charge on any atom is 0.410 e. The molecule has 3 rings (SSSR count). The number of carbonyl (C=O) groups is 2. The van der Waals surface area contributed by atoms with Gasteiger partial charge < -0.3 is 14.4 Å². The number of rotatable bonds is 3. The van der Waals surface area contributed by atoms with Crippen molar-refractivity contribution in [1.29, 1.82) is 0 Å². The third-order valence-electron chi connectivity index (χ3n) is 4.07. The first-order valence-electron chi connectivity index (χ1n) is 8.55. The molecule has 0 bridgehead atoms. The van der Waals surface area contributed by atoms with Gasteiger partial charge in [-0.2, -0.15) is 5.10 Å². The summed E-state index contributed by atoms with van der Waals surface area (Å²) < 4.78 is 12.5. The first kappa shape index (κ1) is 16.8. The van der Waals surface area contributed by atoms with Crippen molar-refractivity contribution in [2.75, 3.05) is 13.2 Å². The van der Waals surface area contributed by atoms with Crippen molar-refractivity contribution in [2.24, 2.45) is 0 Å². The largest absolute Gasteiger partial charge is 0.461 e. The number of hydrogen-bond acceptors (Lipinski definition) is 5.